The molecule has 0 aromatic rings. The smallest absolute Gasteiger partial charge is 0.491 e. The van der Waals surface area contributed by atoms with E-state index in [1.807, 2.05) is 0 Å². The van der Waals surface area contributed by atoms with Crippen LogP contribution in [0.1, 0.15) is 13.3 Å². The molecule has 0 unspecified atom stereocenters. The van der Waals surface area contributed by atoms with Gasteiger partial charge in [-0.3, -0.25) is 4.79 Å². The summed E-state index contributed by atoms with van der Waals surface area (Å²) in [6, 6.07) is 0. The first-order chi connectivity index (χ1) is 5.13. The normalized spacial score (nSPS) is 7.83. The minimum Gasteiger partial charge on any atom is -0.491 e. The second-order valence-corrected chi connectivity index (χ2v) is 2.02. The summed E-state index contributed by atoms with van der Waals surface area (Å²) < 4.78 is 4.38. The summed E-state index contributed by atoms with van der Waals surface area (Å²) in [5, 5.41) is 0. The third-order valence-electron chi connectivity index (χ3n) is 1.21. The predicted molar refractivity (Wildman–Crippen MR) is 40.8 cm³/mol. The second-order valence-electron chi connectivity index (χ2n) is 2.02. The van der Waals surface area contributed by atoms with E-state index in [1.54, 1.807) is 0 Å². The maximum Gasteiger partial charge on any atom is 1.00 e. The summed E-state index contributed by atoms with van der Waals surface area (Å²) in [6.07, 6.45) is 1.76. The first-order valence-corrected chi connectivity index (χ1v) is 3.19. The fourth-order valence-electron chi connectivity index (χ4n) is 0.638. The zero-order valence-electron chi connectivity index (χ0n) is 7.72. The van der Waals surface area contributed by atoms with Gasteiger partial charge in [-0.15, -0.1) is 19.1 Å². The van der Waals surface area contributed by atoms with Gasteiger partial charge < -0.3 is 9.53 Å². The van der Waals surface area contributed by atoms with Gasteiger partial charge in [0.2, 0.25) is 0 Å². The number of allylic oxidation sites excluding steroid dienone is 1. The van der Waals surface area contributed by atoms with Gasteiger partial charge in [-0.2, -0.15) is 0 Å². The van der Waals surface area contributed by atoms with Gasteiger partial charge in [-0.1, -0.05) is 0 Å². The molecule has 0 bridgehead atoms. The molecule has 0 rings (SSSR count). The summed E-state index contributed by atoms with van der Waals surface area (Å²) in [5.74, 6) is -0.698. The van der Waals surface area contributed by atoms with Gasteiger partial charge in [-0.05, 0) is 6.92 Å². The van der Waals surface area contributed by atoms with Crippen LogP contribution in [0, 0.1) is 5.92 Å². The fourth-order valence-corrected chi connectivity index (χ4v) is 0.638. The first-order valence-electron chi connectivity index (χ1n) is 3.19. The number of ether oxygens (including phenoxy) is 1. The molecule has 0 radical (unpaired) electrons. The van der Waals surface area contributed by atoms with E-state index in [4.69, 9.17) is 0 Å². The summed E-state index contributed by atoms with van der Waals surface area (Å²) in [6.45, 7) is 4.75. The Morgan fingerprint density at radius 2 is 2.08 bits per heavy atom. The Bertz CT molecular complexity index is 177. The maximum atomic E-state index is 10.8. The van der Waals surface area contributed by atoms with Crippen LogP contribution in [0.3, 0.4) is 0 Å². The summed E-state index contributed by atoms with van der Waals surface area (Å²) >= 11 is 0. The van der Waals surface area contributed by atoms with Crippen LogP contribution in [0.5, 0.6) is 0 Å². The van der Waals surface area contributed by atoms with Crippen molar-refractivity contribution < 1.29 is 43.9 Å². The van der Waals surface area contributed by atoms with Crippen molar-refractivity contribution in [2.45, 2.75) is 13.3 Å². The number of carbonyl (C=O) groups is 2. The van der Waals surface area contributed by atoms with Crippen LogP contribution in [0.2, 0.25) is 0 Å². The van der Waals surface area contributed by atoms with Gasteiger partial charge in [0.15, 0.2) is 5.97 Å². The maximum absolute atomic E-state index is 10.8. The van der Waals surface area contributed by atoms with Crippen molar-refractivity contribution >= 4 is 11.8 Å². The number of methoxy groups -OCH3 is 1. The molecule has 62 valence electrons. The molecule has 0 heterocycles. The van der Waals surface area contributed by atoms with Crippen molar-refractivity contribution in [3.8, 4) is 0 Å². The molecule has 0 aliphatic heterocycles. The monoisotopic (exact) mass is 178 g/mol. The Morgan fingerprint density at radius 1 is 1.58 bits per heavy atom. The van der Waals surface area contributed by atoms with Crippen molar-refractivity contribution in [2.24, 2.45) is 0 Å². The van der Waals surface area contributed by atoms with Crippen LogP contribution >= 0.6 is 0 Å². The molecule has 12 heavy (non-hydrogen) atoms. The number of rotatable bonds is 4. The minimum absolute atomic E-state index is 0. The van der Waals surface area contributed by atoms with Crippen molar-refractivity contribution in [1.82, 2.24) is 0 Å². The molecule has 0 saturated carbocycles. The molecule has 0 spiro atoms. The third kappa shape index (κ3) is 4.59. The van der Waals surface area contributed by atoms with Crippen LogP contribution in [0.15, 0.2) is 12.7 Å². The number of Topliss-reactive ketones (excluding diaryl/α,β-unsaturated/α-hetero) is 1. The molecular weight excluding hydrogens is 167 g/mol. The second kappa shape index (κ2) is 7.40. The number of ketones is 1. The largest absolute Gasteiger partial charge is 1.00 e. The van der Waals surface area contributed by atoms with E-state index in [-0.39, 0.29) is 47.7 Å². The number of hydrogen-bond acceptors (Lipinski definition) is 3. The molecule has 0 N–H and O–H groups in total. The van der Waals surface area contributed by atoms with E-state index in [0.717, 1.165) is 0 Å². The van der Waals surface area contributed by atoms with E-state index in [0.29, 0.717) is 0 Å². The molecule has 0 aromatic carbocycles. The SMILES string of the molecule is C=CC[C-](C(C)=O)C(=O)OC.[Na+]. The van der Waals surface area contributed by atoms with Crippen LogP contribution in [-0.4, -0.2) is 18.9 Å². The van der Waals surface area contributed by atoms with Crippen molar-refractivity contribution in [2.75, 3.05) is 7.11 Å². The minimum atomic E-state index is -0.572. The molecule has 0 aliphatic rings. The van der Waals surface area contributed by atoms with Crippen molar-refractivity contribution in [3.05, 3.63) is 18.6 Å². The first kappa shape index (κ1) is 14.3. The summed E-state index contributed by atoms with van der Waals surface area (Å²) in [7, 11) is 1.24. The number of esters is 1. The van der Waals surface area contributed by atoms with Gasteiger partial charge in [0.05, 0.1) is 7.11 Å². The van der Waals surface area contributed by atoms with E-state index >= 15 is 0 Å². The van der Waals surface area contributed by atoms with Crippen LogP contribution in [-0.2, 0) is 14.3 Å². The van der Waals surface area contributed by atoms with Gasteiger partial charge in [0.1, 0.15) is 0 Å². The predicted octanol–water partition coefficient (Wildman–Crippen LogP) is -2.10. The molecule has 0 aliphatic carbocycles. The molecule has 0 amide bonds. The van der Waals surface area contributed by atoms with E-state index in [9.17, 15) is 9.59 Å². The Labute approximate surface area is 94.5 Å². The van der Waals surface area contributed by atoms with E-state index < -0.39 is 5.97 Å². The van der Waals surface area contributed by atoms with E-state index in [2.05, 4.69) is 11.3 Å². The number of hydrogen-bond donors (Lipinski definition) is 0. The summed E-state index contributed by atoms with van der Waals surface area (Å²) in [4.78, 5) is 21.6. The average Bonchev–Trinajstić information content (AvgIpc) is 1.98. The standard InChI is InChI=1S/C8H11O3.Na/c1-4-5-7(6(2)9)8(10)11-3;/h4H,1,5H2,2-3H3;/q-1;+1. The van der Waals surface area contributed by atoms with Crippen LogP contribution in [0.4, 0.5) is 0 Å². The van der Waals surface area contributed by atoms with Gasteiger partial charge >= 0.3 is 29.6 Å². The van der Waals surface area contributed by atoms with Crippen molar-refractivity contribution in [1.29, 1.82) is 0 Å². The van der Waals surface area contributed by atoms with Gasteiger partial charge in [-0.25, -0.2) is 5.92 Å². The molecule has 0 saturated heterocycles. The Kier molecular flexibility index (Phi) is 8.81. The Hall–Kier alpha value is -0.250. The fraction of sp³-hybridized carbons (Fsp3) is 0.375. The third-order valence-corrected chi connectivity index (χ3v) is 1.21. The quantitative estimate of drug-likeness (QED) is 0.163. The zero-order valence-corrected chi connectivity index (χ0v) is 9.72. The molecular formula is C8H11NaO3. The average molecular weight is 178 g/mol. The van der Waals surface area contributed by atoms with Crippen LogP contribution in [0.25, 0.3) is 0 Å². The Balaban J connectivity index is 0. The molecule has 0 fully saturated rings. The Morgan fingerprint density at radius 3 is 2.33 bits per heavy atom. The molecule has 0 atom stereocenters. The molecule has 0 aromatic heterocycles. The summed E-state index contributed by atoms with van der Waals surface area (Å²) in [5.41, 5.74) is 0. The van der Waals surface area contributed by atoms with Gasteiger partial charge in [0, 0.05) is 5.78 Å². The van der Waals surface area contributed by atoms with Crippen LogP contribution < -0.4 is 29.6 Å². The molecule has 3 nitrogen and oxygen atoms in total. The topological polar surface area (TPSA) is 43.4 Å². The van der Waals surface area contributed by atoms with E-state index in [1.165, 1.54) is 20.1 Å². The zero-order chi connectivity index (χ0) is 8.85. The molecule has 4 heteroatoms. The number of carbonyl (C=O) groups excluding carboxylic acids is 2. The van der Waals surface area contributed by atoms with Crippen molar-refractivity contribution in [3.63, 3.8) is 0 Å². The van der Waals surface area contributed by atoms with Gasteiger partial charge in [0.25, 0.3) is 0 Å².